The molecule has 0 aliphatic heterocycles. The van der Waals surface area contributed by atoms with Crippen LogP contribution in [0.1, 0.15) is 10.4 Å². The predicted molar refractivity (Wildman–Crippen MR) is 109 cm³/mol. The van der Waals surface area contributed by atoms with E-state index < -0.39 is 0 Å². The molecule has 0 saturated carbocycles. The second kappa shape index (κ2) is 7.85. The number of aromatic nitrogens is 2. The number of hydrogen-bond donors (Lipinski definition) is 1. The van der Waals surface area contributed by atoms with Crippen LogP contribution >= 0.6 is 23.4 Å². The van der Waals surface area contributed by atoms with E-state index in [-0.39, 0.29) is 5.91 Å². The minimum atomic E-state index is -0.180. The van der Waals surface area contributed by atoms with Crippen LogP contribution in [0.25, 0.3) is 5.69 Å². The summed E-state index contributed by atoms with van der Waals surface area (Å²) in [6.07, 6.45) is 5.64. The van der Waals surface area contributed by atoms with Crippen LogP contribution < -0.4 is 10.2 Å². The normalized spacial score (nSPS) is 10.6. The molecular formula is C19H19ClN4OS. The van der Waals surface area contributed by atoms with Gasteiger partial charge in [-0.1, -0.05) is 23.4 Å². The van der Waals surface area contributed by atoms with E-state index in [4.69, 9.17) is 11.6 Å². The number of hydrogen-bond acceptors (Lipinski definition) is 4. The van der Waals surface area contributed by atoms with Gasteiger partial charge in [0.15, 0.2) is 5.16 Å². The van der Waals surface area contributed by atoms with Crippen LogP contribution in [-0.4, -0.2) is 35.8 Å². The van der Waals surface area contributed by atoms with Gasteiger partial charge in [-0.15, -0.1) is 0 Å². The summed E-state index contributed by atoms with van der Waals surface area (Å²) in [4.78, 5) is 18.7. The Hall–Kier alpha value is -2.44. The zero-order valence-corrected chi connectivity index (χ0v) is 16.3. The van der Waals surface area contributed by atoms with Crippen molar-refractivity contribution in [1.82, 2.24) is 9.55 Å². The molecule has 0 aliphatic carbocycles. The Labute approximate surface area is 162 Å². The fourth-order valence-corrected chi connectivity index (χ4v) is 3.44. The Balaban J connectivity index is 1.75. The van der Waals surface area contributed by atoms with Crippen LogP contribution in [0.5, 0.6) is 0 Å². The monoisotopic (exact) mass is 386 g/mol. The molecule has 0 atom stereocenters. The largest absolute Gasteiger partial charge is 0.376 e. The third-order valence-corrected chi connectivity index (χ3v) is 4.85. The summed E-state index contributed by atoms with van der Waals surface area (Å²) >= 11 is 7.83. The van der Waals surface area contributed by atoms with E-state index in [2.05, 4.69) is 10.3 Å². The second-order valence-corrected chi connectivity index (χ2v) is 7.03. The number of carbonyl (C=O) groups is 1. The number of amides is 1. The summed E-state index contributed by atoms with van der Waals surface area (Å²) in [5.41, 5.74) is 3.10. The summed E-state index contributed by atoms with van der Waals surface area (Å²) in [7, 11) is 3.84. The molecule has 1 amide bonds. The first kappa shape index (κ1) is 18.4. The van der Waals surface area contributed by atoms with Gasteiger partial charge in [-0.3, -0.25) is 9.36 Å². The second-order valence-electron chi connectivity index (χ2n) is 5.85. The lowest BCUT2D eigenvalue weighted by atomic mass is 10.2. The number of rotatable bonds is 5. The predicted octanol–water partition coefficient (Wildman–Crippen LogP) is 4.57. The molecule has 3 aromatic rings. The Kier molecular flexibility index (Phi) is 5.54. The number of carbonyl (C=O) groups excluding carboxylic acids is 1. The summed E-state index contributed by atoms with van der Waals surface area (Å²) in [5, 5.41) is 4.37. The first-order valence-corrected chi connectivity index (χ1v) is 9.56. The van der Waals surface area contributed by atoms with E-state index in [1.807, 2.05) is 60.3 Å². The molecule has 2 aromatic carbocycles. The lowest BCUT2D eigenvalue weighted by molar-refractivity contribution is 0.102. The maximum atomic E-state index is 12.5. The first-order valence-electron chi connectivity index (χ1n) is 7.95. The van der Waals surface area contributed by atoms with Crippen molar-refractivity contribution < 1.29 is 4.79 Å². The zero-order valence-electron chi connectivity index (χ0n) is 14.7. The fraction of sp³-hybridized carbons (Fsp3) is 0.158. The van der Waals surface area contributed by atoms with E-state index in [1.54, 1.807) is 36.2 Å². The van der Waals surface area contributed by atoms with Crippen molar-refractivity contribution >= 4 is 40.6 Å². The molecule has 0 radical (unpaired) electrons. The van der Waals surface area contributed by atoms with Crippen molar-refractivity contribution in [3.63, 3.8) is 0 Å². The fourth-order valence-electron chi connectivity index (χ4n) is 2.56. The molecule has 5 nitrogen and oxygen atoms in total. The highest BCUT2D eigenvalue weighted by atomic mass is 35.5. The van der Waals surface area contributed by atoms with Crippen LogP contribution in [0.4, 0.5) is 11.4 Å². The molecule has 0 fully saturated rings. The van der Waals surface area contributed by atoms with Crippen molar-refractivity contribution in [2.75, 3.05) is 30.6 Å². The summed E-state index contributed by atoms with van der Waals surface area (Å²) in [5.74, 6) is -0.180. The quantitative estimate of drug-likeness (QED) is 0.653. The minimum Gasteiger partial charge on any atom is -0.376 e. The van der Waals surface area contributed by atoms with Gasteiger partial charge in [0.25, 0.3) is 5.91 Å². The van der Waals surface area contributed by atoms with E-state index in [1.165, 1.54) is 0 Å². The van der Waals surface area contributed by atoms with Gasteiger partial charge in [0.2, 0.25) is 0 Å². The molecule has 1 aromatic heterocycles. The average Bonchev–Trinajstić information content (AvgIpc) is 3.10. The molecule has 1 heterocycles. The van der Waals surface area contributed by atoms with Crippen LogP contribution in [0.15, 0.2) is 60.0 Å². The van der Waals surface area contributed by atoms with Crippen molar-refractivity contribution in [2.45, 2.75) is 5.16 Å². The Morgan fingerprint density at radius 3 is 2.54 bits per heavy atom. The van der Waals surface area contributed by atoms with Crippen molar-refractivity contribution in [3.05, 3.63) is 65.4 Å². The molecule has 26 heavy (non-hydrogen) atoms. The summed E-state index contributed by atoms with van der Waals surface area (Å²) in [6, 6.07) is 12.9. The lowest BCUT2D eigenvalue weighted by Crippen LogP contribution is -2.13. The van der Waals surface area contributed by atoms with Gasteiger partial charge in [-0.2, -0.15) is 0 Å². The van der Waals surface area contributed by atoms with Crippen LogP contribution in [-0.2, 0) is 0 Å². The van der Waals surface area contributed by atoms with Crippen LogP contribution in [0.3, 0.4) is 0 Å². The van der Waals surface area contributed by atoms with Gasteiger partial charge in [-0.25, -0.2) is 4.98 Å². The molecule has 1 N–H and O–H groups in total. The van der Waals surface area contributed by atoms with Crippen molar-refractivity contribution in [3.8, 4) is 5.69 Å². The van der Waals surface area contributed by atoms with Gasteiger partial charge in [-0.05, 0) is 48.7 Å². The number of nitrogens with zero attached hydrogens (tertiary/aromatic N) is 3. The topological polar surface area (TPSA) is 50.2 Å². The lowest BCUT2D eigenvalue weighted by Gasteiger charge is -2.15. The zero-order chi connectivity index (χ0) is 18.7. The van der Waals surface area contributed by atoms with Gasteiger partial charge < -0.3 is 10.2 Å². The van der Waals surface area contributed by atoms with E-state index in [0.29, 0.717) is 16.3 Å². The van der Waals surface area contributed by atoms with Crippen molar-refractivity contribution in [2.24, 2.45) is 0 Å². The number of anilines is 2. The Bertz CT molecular complexity index is 922. The maximum Gasteiger partial charge on any atom is 0.255 e. The third-order valence-electron chi connectivity index (χ3n) is 3.88. The Morgan fingerprint density at radius 2 is 1.92 bits per heavy atom. The highest BCUT2D eigenvalue weighted by molar-refractivity contribution is 7.98. The number of imidazole rings is 1. The average molecular weight is 387 g/mol. The number of thioether (sulfide) groups is 1. The first-order chi connectivity index (χ1) is 12.5. The summed E-state index contributed by atoms with van der Waals surface area (Å²) in [6.45, 7) is 0. The molecule has 7 heteroatoms. The molecule has 0 unspecified atom stereocenters. The van der Waals surface area contributed by atoms with E-state index >= 15 is 0 Å². The number of halogens is 1. The maximum absolute atomic E-state index is 12.5. The Morgan fingerprint density at radius 1 is 1.19 bits per heavy atom. The van der Waals surface area contributed by atoms with E-state index in [9.17, 15) is 4.79 Å². The molecule has 0 aliphatic rings. The summed E-state index contributed by atoms with van der Waals surface area (Å²) < 4.78 is 1.98. The number of nitrogens with one attached hydrogen (secondary N) is 1. The molecule has 134 valence electrons. The number of benzene rings is 2. The van der Waals surface area contributed by atoms with E-state index in [0.717, 1.165) is 16.5 Å². The van der Waals surface area contributed by atoms with Crippen LogP contribution in [0, 0.1) is 0 Å². The standard InChI is InChI=1S/C19H19ClN4OS/c1-23(2)17-9-6-14(12-16(17)20)22-18(25)13-4-7-15(8-5-13)24-11-10-21-19(24)26-3/h4-12H,1-3H3,(H,22,25). The molecule has 0 bridgehead atoms. The molecule has 0 saturated heterocycles. The minimum absolute atomic E-state index is 0.180. The van der Waals surface area contributed by atoms with Gasteiger partial charge >= 0.3 is 0 Å². The smallest absolute Gasteiger partial charge is 0.255 e. The third kappa shape index (κ3) is 3.86. The van der Waals surface area contributed by atoms with Gasteiger partial charge in [0.05, 0.1) is 10.7 Å². The van der Waals surface area contributed by atoms with Gasteiger partial charge in [0.1, 0.15) is 0 Å². The highest BCUT2D eigenvalue weighted by Crippen LogP contribution is 2.27. The van der Waals surface area contributed by atoms with Crippen molar-refractivity contribution in [1.29, 1.82) is 0 Å². The van der Waals surface area contributed by atoms with Crippen LogP contribution in [0.2, 0.25) is 5.02 Å². The molecule has 0 spiro atoms. The highest BCUT2D eigenvalue weighted by Gasteiger charge is 2.10. The SMILES string of the molecule is CSc1nccn1-c1ccc(C(=O)Nc2ccc(N(C)C)c(Cl)c2)cc1. The van der Waals surface area contributed by atoms with Gasteiger partial charge in [0, 0.05) is 43.4 Å². The molecular weight excluding hydrogens is 368 g/mol. The molecule has 3 rings (SSSR count).